The zero-order chi connectivity index (χ0) is 8.55. The van der Waals surface area contributed by atoms with E-state index in [2.05, 4.69) is 10.1 Å². The number of hydrogen-bond acceptors (Lipinski definition) is 4. The van der Waals surface area contributed by atoms with Crippen LogP contribution in [-0.4, -0.2) is 15.9 Å². The Hall–Kier alpha value is -1.32. The molecular weight excluding hydrogens is 156 g/mol. The van der Waals surface area contributed by atoms with Gasteiger partial charge in [-0.15, -0.1) is 0 Å². The molecule has 0 radical (unpaired) electrons. The fourth-order valence-corrected chi connectivity index (χ4v) is 1.50. The first-order valence-electron chi connectivity index (χ1n) is 3.99. The Labute approximate surface area is 69.9 Å². The summed E-state index contributed by atoms with van der Waals surface area (Å²) in [7, 11) is 0. The number of hydrogen-bond donors (Lipinski definition) is 1. The number of oxime groups is 1. The highest BCUT2D eigenvalue weighted by molar-refractivity contribution is 6.00. The van der Waals surface area contributed by atoms with Crippen LogP contribution in [0.1, 0.15) is 30.2 Å². The largest absolute Gasteiger partial charge is 0.445 e. The number of rotatable bonds is 0. The second-order valence-corrected chi connectivity index (χ2v) is 2.90. The van der Waals surface area contributed by atoms with Gasteiger partial charge < -0.3 is 9.62 Å². The van der Waals surface area contributed by atoms with Gasteiger partial charge >= 0.3 is 0 Å². The van der Waals surface area contributed by atoms with Crippen LogP contribution in [0.2, 0.25) is 0 Å². The van der Waals surface area contributed by atoms with Crippen molar-refractivity contribution in [2.75, 3.05) is 0 Å². The quantitative estimate of drug-likeness (QED) is 0.469. The molecule has 1 aliphatic carbocycles. The van der Waals surface area contributed by atoms with Crippen LogP contribution in [-0.2, 0) is 6.42 Å². The van der Waals surface area contributed by atoms with Crippen molar-refractivity contribution >= 4 is 5.71 Å². The van der Waals surface area contributed by atoms with E-state index in [1.165, 1.54) is 0 Å². The number of aryl methyl sites for hydroxylation is 2. The van der Waals surface area contributed by atoms with Gasteiger partial charge in [-0.1, -0.05) is 5.16 Å². The first kappa shape index (κ1) is 7.34. The minimum Gasteiger partial charge on any atom is -0.445 e. The average molecular weight is 166 g/mol. The van der Waals surface area contributed by atoms with Crippen molar-refractivity contribution in [3.8, 4) is 0 Å². The van der Waals surface area contributed by atoms with Crippen molar-refractivity contribution in [3.63, 3.8) is 0 Å². The van der Waals surface area contributed by atoms with E-state index in [1.807, 2.05) is 0 Å². The zero-order valence-corrected chi connectivity index (χ0v) is 6.87. The normalized spacial score (nSPS) is 19.6. The third-order valence-electron chi connectivity index (χ3n) is 2.02. The molecule has 12 heavy (non-hydrogen) atoms. The van der Waals surface area contributed by atoms with Crippen molar-refractivity contribution in [2.24, 2.45) is 5.16 Å². The van der Waals surface area contributed by atoms with E-state index >= 15 is 0 Å². The number of fused-ring (bicyclic) bond motifs is 1. The van der Waals surface area contributed by atoms with Gasteiger partial charge in [0, 0.05) is 13.3 Å². The smallest absolute Gasteiger partial charge is 0.191 e. The Morgan fingerprint density at radius 2 is 2.33 bits per heavy atom. The lowest BCUT2D eigenvalue weighted by molar-refractivity contribution is 0.317. The third-order valence-corrected chi connectivity index (χ3v) is 2.02. The predicted molar refractivity (Wildman–Crippen MR) is 42.5 cm³/mol. The summed E-state index contributed by atoms with van der Waals surface area (Å²) in [5.41, 5.74) is 1.38. The minimum absolute atomic E-state index is 0.642. The van der Waals surface area contributed by atoms with Gasteiger partial charge in [-0.05, 0) is 12.8 Å². The first-order valence-corrected chi connectivity index (χ1v) is 3.99. The molecular formula is C8H10N2O2. The van der Waals surface area contributed by atoms with Crippen LogP contribution in [0.25, 0.3) is 0 Å². The van der Waals surface area contributed by atoms with Crippen LogP contribution in [0.15, 0.2) is 9.57 Å². The molecule has 0 spiro atoms. The molecule has 1 aromatic rings. The molecule has 0 saturated carbocycles. The van der Waals surface area contributed by atoms with Gasteiger partial charge in [-0.3, -0.25) is 0 Å². The van der Waals surface area contributed by atoms with Crippen molar-refractivity contribution in [3.05, 3.63) is 17.3 Å². The van der Waals surface area contributed by atoms with Gasteiger partial charge in [-0.25, -0.2) is 4.98 Å². The van der Waals surface area contributed by atoms with E-state index in [0.717, 1.165) is 30.7 Å². The van der Waals surface area contributed by atoms with Crippen LogP contribution in [0.3, 0.4) is 0 Å². The standard InChI is InChI=1S/C8H10N2O2/c1-5-9-8-6(10-11)3-2-4-7(8)12-5/h11H,2-4H2,1H3/b10-6+. The maximum Gasteiger partial charge on any atom is 0.191 e. The van der Waals surface area contributed by atoms with Crippen molar-refractivity contribution < 1.29 is 9.62 Å². The lowest BCUT2D eigenvalue weighted by atomic mass is 10.0. The molecule has 0 aliphatic heterocycles. The van der Waals surface area contributed by atoms with E-state index in [1.54, 1.807) is 6.92 Å². The van der Waals surface area contributed by atoms with Crippen LogP contribution >= 0.6 is 0 Å². The number of oxazole rings is 1. The summed E-state index contributed by atoms with van der Waals surface area (Å²) >= 11 is 0. The Bertz CT molecular complexity index is 328. The summed E-state index contributed by atoms with van der Waals surface area (Å²) < 4.78 is 5.33. The Balaban J connectivity index is 2.50. The van der Waals surface area contributed by atoms with Crippen molar-refractivity contribution in [1.29, 1.82) is 0 Å². The highest BCUT2D eigenvalue weighted by atomic mass is 16.4. The number of aromatic nitrogens is 1. The van der Waals surface area contributed by atoms with Gasteiger partial charge in [-0.2, -0.15) is 0 Å². The summed E-state index contributed by atoms with van der Waals surface area (Å²) in [6, 6.07) is 0. The van der Waals surface area contributed by atoms with Gasteiger partial charge in [0.25, 0.3) is 0 Å². The highest BCUT2D eigenvalue weighted by Gasteiger charge is 2.21. The Kier molecular flexibility index (Phi) is 1.60. The fourth-order valence-electron chi connectivity index (χ4n) is 1.50. The summed E-state index contributed by atoms with van der Waals surface area (Å²) in [6.45, 7) is 1.80. The van der Waals surface area contributed by atoms with E-state index < -0.39 is 0 Å². The van der Waals surface area contributed by atoms with Crippen LogP contribution in [0.4, 0.5) is 0 Å². The van der Waals surface area contributed by atoms with E-state index in [-0.39, 0.29) is 0 Å². The molecule has 1 N–H and O–H groups in total. The lowest BCUT2D eigenvalue weighted by Crippen LogP contribution is -2.10. The highest BCUT2D eigenvalue weighted by Crippen LogP contribution is 2.21. The molecule has 0 aromatic carbocycles. The maximum absolute atomic E-state index is 8.65. The predicted octanol–water partition coefficient (Wildman–Crippen LogP) is 1.50. The molecule has 0 saturated heterocycles. The molecule has 2 rings (SSSR count). The maximum atomic E-state index is 8.65. The average Bonchev–Trinajstić information content (AvgIpc) is 2.44. The SMILES string of the molecule is Cc1nc2c(o1)CCC/C2=N\O. The molecule has 0 atom stereocenters. The molecule has 4 heteroatoms. The van der Waals surface area contributed by atoms with Gasteiger partial charge in [0.05, 0.1) is 0 Å². The van der Waals surface area contributed by atoms with Crippen LogP contribution in [0, 0.1) is 6.92 Å². The lowest BCUT2D eigenvalue weighted by Gasteiger charge is -2.07. The topological polar surface area (TPSA) is 58.6 Å². The van der Waals surface area contributed by atoms with Crippen molar-refractivity contribution in [2.45, 2.75) is 26.2 Å². The molecule has 0 fully saturated rings. The second kappa shape index (κ2) is 2.62. The summed E-state index contributed by atoms with van der Waals surface area (Å²) in [6.07, 6.45) is 2.66. The van der Waals surface area contributed by atoms with E-state index in [0.29, 0.717) is 11.6 Å². The van der Waals surface area contributed by atoms with Gasteiger partial charge in [0.2, 0.25) is 0 Å². The Morgan fingerprint density at radius 1 is 1.50 bits per heavy atom. The molecule has 0 amide bonds. The monoisotopic (exact) mass is 166 g/mol. The minimum atomic E-state index is 0.642. The van der Waals surface area contributed by atoms with Crippen molar-refractivity contribution in [1.82, 2.24) is 4.98 Å². The summed E-state index contributed by atoms with van der Waals surface area (Å²) in [5.74, 6) is 1.50. The second-order valence-electron chi connectivity index (χ2n) is 2.90. The van der Waals surface area contributed by atoms with Gasteiger partial charge in [0.15, 0.2) is 5.89 Å². The van der Waals surface area contributed by atoms with Crippen LogP contribution in [0.5, 0.6) is 0 Å². The zero-order valence-electron chi connectivity index (χ0n) is 6.87. The first-order chi connectivity index (χ1) is 5.81. The summed E-state index contributed by atoms with van der Waals surface area (Å²) in [5, 5.41) is 11.8. The fraction of sp³-hybridized carbons (Fsp3) is 0.500. The molecule has 4 nitrogen and oxygen atoms in total. The van der Waals surface area contributed by atoms with Crippen LogP contribution < -0.4 is 0 Å². The molecule has 64 valence electrons. The molecule has 1 aliphatic rings. The molecule has 1 heterocycles. The summed E-state index contributed by atoms with van der Waals surface area (Å²) in [4.78, 5) is 4.15. The Morgan fingerprint density at radius 3 is 3.08 bits per heavy atom. The number of nitrogens with zero attached hydrogens (tertiary/aromatic N) is 2. The third kappa shape index (κ3) is 0.995. The van der Waals surface area contributed by atoms with E-state index in [9.17, 15) is 0 Å². The molecule has 1 aromatic heterocycles. The van der Waals surface area contributed by atoms with Gasteiger partial charge in [0.1, 0.15) is 17.2 Å². The molecule has 0 unspecified atom stereocenters. The molecule has 0 bridgehead atoms. The van der Waals surface area contributed by atoms with E-state index in [4.69, 9.17) is 9.62 Å².